The normalized spacial score (nSPS) is 30.0. The molecule has 2 nitrogen and oxygen atoms in total. The van der Waals surface area contributed by atoms with Crippen LogP contribution in [-0.2, 0) is 0 Å². The van der Waals surface area contributed by atoms with Gasteiger partial charge in [-0.2, -0.15) is 0 Å². The third kappa shape index (κ3) is 2.78. The van der Waals surface area contributed by atoms with Crippen molar-refractivity contribution in [3.8, 4) is 0 Å². The van der Waals surface area contributed by atoms with E-state index in [0.717, 1.165) is 18.8 Å². The first-order valence-corrected chi connectivity index (χ1v) is 7.87. The lowest BCUT2D eigenvalue weighted by Crippen LogP contribution is -2.65. The minimum Gasteiger partial charge on any atom is -0.365 e. The largest absolute Gasteiger partial charge is 0.365 e. The Labute approximate surface area is 125 Å². The molecule has 2 unspecified atom stereocenters. The fraction of sp³-hybridized carbons (Fsp3) is 0.647. The summed E-state index contributed by atoms with van der Waals surface area (Å²) < 4.78 is 26.8. The molecule has 1 aliphatic carbocycles. The quantitative estimate of drug-likeness (QED) is 0.917. The van der Waals surface area contributed by atoms with E-state index >= 15 is 0 Å². The maximum atomic E-state index is 13.6. The standard InChI is InChI=1S/C17H24F2N2/c1-11(2)16-9-20-17(3,12-4-5-12)10-21(16)13-6-7-14(18)15(19)8-13/h6-8,11-12,16,20H,4-5,9-10H2,1-3H3. The van der Waals surface area contributed by atoms with Gasteiger partial charge in [0.1, 0.15) is 0 Å². The molecule has 2 aliphatic rings. The van der Waals surface area contributed by atoms with Crippen LogP contribution in [0.1, 0.15) is 33.6 Å². The molecule has 4 heteroatoms. The number of hydrogen-bond donors (Lipinski definition) is 1. The topological polar surface area (TPSA) is 15.3 Å². The van der Waals surface area contributed by atoms with Crippen molar-refractivity contribution >= 4 is 5.69 Å². The molecule has 21 heavy (non-hydrogen) atoms. The van der Waals surface area contributed by atoms with E-state index in [9.17, 15) is 8.78 Å². The van der Waals surface area contributed by atoms with Gasteiger partial charge in [-0.3, -0.25) is 0 Å². The molecule has 1 saturated heterocycles. The summed E-state index contributed by atoms with van der Waals surface area (Å²) in [4.78, 5) is 2.27. The van der Waals surface area contributed by atoms with Crippen LogP contribution in [0.5, 0.6) is 0 Å². The van der Waals surface area contributed by atoms with Gasteiger partial charge in [0.15, 0.2) is 11.6 Å². The van der Waals surface area contributed by atoms with Crippen LogP contribution in [0.2, 0.25) is 0 Å². The Balaban J connectivity index is 1.91. The SMILES string of the molecule is CC(C)C1CNC(C)(C2CC2)CN1c1ccc(F)c(F)c1. The average Bonchev–Trinajstić information content (AvgIpc) is 3.26. The Morgan fingerprint density at radius 1 is 1.24 bits per heavy atom. The highest BCUT2D eigenvalue weighted by molar-refractivity contribution is 5.49. The second kappa shape index (κ2) is 5.24. The summed E-state index contributed by atoms with van der Waals surface area (Å²) >= 11 is 0. The van der Waals surface area contributed by atoms with E-state index in [1.54, 1.807) is 6.07 Å². The minimum absolute atomic E-state index is 0.0796. The minimum atomic E-state index is -0.778. The molecule has 3 rings (SSSR count). The van der Waals surface area contributed by atoms with Gasteiger partial charge in [0.05, 0.1) is 0 Å². The first-order valence-electron chi connectivity index (χ1n) is 7.87. The van der Waals surface area contributed by atoms with Crippen LogP contribution in [0, 0.1) is 23.5 Å². The lowest BCUT2D eigenvalue weighted by atomic mass is 9.87. The van der Waals surface area contributed by atoms with Crippen molar-refractivity contribution in [3.63, 3.8) is 0 Å². The van der Waals surface area contributed by atoms with Gasteiger partial charge in [0.25, 0.3) is 0 Å². The number of halogens is 2. The van der Waals surface area contributed by atoms with Crippen LogP contribution >= 0.6 is 0 Å². The molecular formula is C17H24F2N2. The Bertz CT molecular complexity index is 528. The van der Waals surface area contributed by atoms with Gasteiger partial charge in [-0.05, 0) is 43.7 Å². The molecule has 1 aromatic carbocycles. The number of benzene rings is 1. The molecule has 1 saturated carbocycles. The fourth-order valence-electron chi connectivity index (χ4n) is 3.51. The number of nitrogens with one attached hydrogen (secondary N) is 1. The van der Waals surface area contributed by atoms with Crippen molar-refractivity contribution in [3.05, 3.63) is 29.8 Å². The molecule has 1 aliphatic heterocycles. The van der Waals surface area contributed by atoms with Gasteiger partial charge in [0.2, 0.25) is 0 Å². The Morgan fingerprint density at radius 2 is 1.95 bits per heavy atom. The van der Waals surface area contributed by atoms with Crippen LogP contribution in [0.3, 0.4) is 0 Å². The predicted molar refractivity (Wildman–Crippen MR) is 81.5 cm³/mol. The fourth-order valence-corrected chi connectivity index (χ4v) is 3.51. The zero-order valence-corrected chi connectivity index (χ0v) is 13.0. The maximum Gasteiger partial charge on any atom is 0.160 e. The molecule has 0 spiro atoms. The van der Waals surface area contributed by atoms with E-state index in [-0.39, 0.29) is 5.54 Å². The summed E-state index contributed by atoms with van der Waals surface area (Å²) in [6.07, 6.45) is 2.53. The van der Waals surface area contributed by atoms with Gasteiger partial charge in [-0.15, -0.1) is 0 Å². The third-order valence-corrected chi connectivity index (χ3v) is 5.10. The van der Waals surface area contributed by atoms with E-state index in [0.29, 0.717) is 17.9 Å². The molecule has 1 heterocycles. The summed E-state index contributed by atoms with van der Waals surface area (Å²) in [7, 11) is 0. The highest BCUT2D eigenvalue weighted by Gasteiger charge is 2.46. The second-order valence-electron chi connectivity index (χ2n) is 7.11. The van der Waals surface area contributed by atoms with Crippen molar-refractivity contribution in [2.24, 2.45) is 11.8 Å². The van der Waals surface area contributed by atoms with Crippen LogP contribution in [-0.4, -0.2) is 24.7 Å². The van der Waals surface area contributed by atoms with Gasteiger partial charge < -0.3 is 10.2 Å². The molecule has 0 radical (unpaired) electrons. The van der Waals surface area contributed by atoms with Crippen LogP contribution < -0.4 is 10.2 Å². The van der Waals surface area contributed by atoms with E-state index < -0.39 is 11.6 Å². The molecular weight excluding hydrogens is 270 g/mol. The summed E-state index contributed by atoms with van der Waals surface area (Å²) in [6, 6.07) is 4.58. The Hall–Kier alpha value is -1.16. The number of rotatable bonds is 3. The number of nitrogens with zero attached hydrogens (tertiary/aromatic N) is 1. The highest BCUT2D eigenvalue weighted by atomic mass is 19.2. The monoisotopic (exact) mass is 294 g/mol. The highest BCUT2D eigenvalue weighted by Crippen LogP contribution is 2.42. The summed E-state index contributed by atoms with van der Waals surface area (Å²) in [5, 5.41) is 3.71. The number of anilines is 1. The van der Waals surface area contributed by atoms with Gasteiger partial charge in [0, 0.05) is 36.4 Å². The van der Waals surface area contributed by atoms with Crippen molar-refractivity contribution < 1.29 is 8.78 Å². The van der Waals surface area contributed by atoms with Crippen molar-refractivity contribution in [2.45, 2.75) is 45.2 Å². The summed E-state index contributed by atoms with van der Waals surface area (Å²) in [5.74, 6) is -0.380. The molecule has 0 amide bonds. The summed E-state index contributed by atoms with van der Waals surface area (Å²) in [5.41, 5.74) is 0.872. The third-order valence-electron chi connectivity index (χ3n) is 5.10. The van der Waals surface area contributed by atoms with Gasteiger partial charge in [-0.1, -0.05) is 13.8 Å². The average molecular weight is 294 g/mol. The van der Waals surface area contributed by atoms with Crippen LogP contribution in [0.25, 0.3) is 0 Å². The van der Waals surface area contributed by atoms with Crippen molar-refractivity contribution in [1.29, 1.82) is 0 Å². The lowest BCUT2D eigenvalue weighted by Gasteiger charge is -2.49. The summed E-state index contributed by atoms with van der Waals surface area (Å²) in [6.45, 7) is 8.36. The van der Waals surface area contributed by atoms with E-state index in [2.05, 4.69) is 31.0 Å². The van der Waals surface area contributed by atoms with E-state index in [4.69, 9.17) is 0 Å². The number of piperazine rings is 1. The Kier molecular flexibility index (Phi) is 3.68. The van der Waals surface area contributed by atoms with Crippen LogP contribution in [0.4, 0.5) is 14.5 Å². The molecule has 0 bridgehead atoms. The zero-order valence-electron chi connectivity index (χ0n) is 13.0. The second-order valence-corrected chi connectivity index (χ2v) is 7.11. The van der Waals surface area contributed by atoms with Gasteiger partial charge >= 0.3 is 0 Å². The van der Waals surface area contributed by atoms with Crippen LogP contribution in [0.15, 0.2) is 18.2 Å². The van der Waals surface area contributed by atoms with Gasteiger partial charge in [-0.25, -0.2) is 8.78 Å². The van der Waals surface area contributed by atoms with Crippen molar-refractivity contribution in [1.82, 2.24) is 5.32 Å². The zero-order chi connectivity index (χ0) is 15.2. The van der Waals surface area contributed by atoms with Crippen molar-refractivity contribution in [2.75, 3.05) is 18.0 Å². The number of hydrogen-bond acceptors (Lipinski definition) is 2. The smallest absolute Gasteiger partial charge is 0.160 e. The molecule has 0 aromatic heterocycles. The van der Waals surface area contributed by atoms with E-state index in [1.807, 2.05) is 0 Å². The first-order chi connectivity index (χ1) is 9.90. The molecule has 116 valence electrons. The molecule has 1 N–H and O–H groups in total. The lowest BCUT2D eigenvalue weighted by molar-refractivity contribution is 0.233. The predicted octanol–water partition coefficient (Wildman–Crippen LogP) is 3.57. The maximum absolute atomic E-state index is 13.6. The first kappa shape index (κ1) is 14.8. The molecule has 2 atom stereocenters. The molecule has 1 aromatic rings. The molecule has 2 fully saturated rings. The Morgan fingerprint density at radius 3 is 2.52 bits per heavy atom. The van der Waals surface area contributed by atoms with E-state index in [1.165, 1.54) is 25.0 Å².